The van der Waals surface area contributed by atoms with Gasteiger partial charge >= 0.3 is 6.03 Å². The van der Waals surface area contributed by atoms with Crippen molar-refractivity contribution < 1.29 is 9.90 Å². The summed E-state index contributed by atoms with van der Waals surface area (Å²) in [5.74, 6) is 0.575. The van der Waals surface area contributed by atoms with E-state index in [0.717, 1.165) is 32.6 Å². The fourth-order valence-corrected chi connectivity index (χ4v) is 1.53. The molecule has 0 aromatic carbocycles. The minimum Gasteiger partial charge on any atom is -0.396 e. The topological polar surface area (TPSA) is 64.6 Å². The number of nitrogens with one attached hydrogen (secondary N) is 2. The van der Waals surface area contributed by atoms with Gasteiger partial charge in [-0.25, -0.2) is 4.79 Å². The van der Waals surface area contributed by atoms with E-state index < -0.39 is 0 Å². The van der Waals surface area contributed by atoms with E-state index in [9.17, 15) is 4.79 Å². The van der Waals surface area contributed by atoms with E-state index in [1.54, 1.807) is 11.9 Å². The zero-order valence-electron chi connectivity index (χ0n) is 8.62. The van der Waals surface area contributed by atoms with Crippen LogP contribution in [0.4, 0.5) is 4.79 Å². The van der Waals surface area contributed by atoms with Gasteiger partial charge in [0, 0.05) is 39.2 Å². The van der Waals surface area contributed by atoms with Crippen LogP contribution in [0.5, 0.6) is 0 Å². The van der Waals surface area contributed by atoms with Crippen molar-refractivity contribution in [3.8, 4) is 0 Å². The van der Waals surface area contributed by atoms with Gasteiger partial charge in [0.25, 0.3) is 0 Å². The van der Waals surface area contributed by atoms with Crippen molar-refractivity contribution in [3.63, 3.8) is 0 Å². The van der Waals surface area contributed by atoms with Crippen molar-refractivity contribution in [1.82, 2.24) is 15.5 Å². The van der Waals surface area contributed by atoms with Crippen LogP contribution in [-0.2, 0) is 0 Å². The quantitative estimate of drug-likeness (QED) is 0.512. The Hall–Kier alpha value is -0.810. The Balaban J connectivity index is 1.96. The minimum atomic E-state index is 0.0107. The summed E-state index contributed by atoms with van der Waals surface area (Å²) in [6.45, 7) is 3.71. The molecule has 5 heteroatoms. The summed E-state index contributed by atoms with van der Waals surface area (Å²) in [4.78, 5) is 12.9. The maximum Gasteiger partial charge on any atom is 0.317 e. The number of hydrogen-bond donors (Lipinski definition) is 3. The Morgan fingerprint density at radius 1 is 1.57 bits per heavy atom. The number of nitrogens with zero attached hydrogens (tertiary/aromatic N) is 1. The largest absolute Gasteiger partial charge is 0.396 e. The highest BCUT2D eigenvalue weighted by molar-refractivity contribution is 5.74. The van der Waals surface area contributed by atoms with Gasteiger partial charge in [-0.05, 0) is 13.0 Å². The van der Waals surface area contributed by atoms with E-state index in [1.807, 2.05) is 0 Å². The second-order valence-electron chi connectivity index (χ2n) is 3.61. The lowest BCUT2D eigenvalue weighted by atomic mass is 10.0. The first kappa shape index (κ1) is 11.3. The smallest absolute Gasteiger partial charge is 0.317 e. The average molecular weight is 201 g/mol. The Labute approximate surface area is 84.5 Å². The molecule has 0 saturated carbocycles. The maximum absolute atomic E-state index is 11.1. The van der Waals surface area contributed by atoms with Gasteiger partial charge in [0.05, 0.1) is 0 Å². The van der Waals surface area contributed by atoms with Crippen molar-refractivity contribution in [2.75, 3.05) is 39.8 Å². The number of carbonyl (C=O) groups is 1. The molecule has 3 N–H and O–H groups in total. The molecule has 1 heterocycles. The number of aliphatic hydroxyl groups is 1. The Kier molecular flexibility index (Phi) is 4.69. The molecule has 0 aliphatic carbocycles. The molecule has 2 amide bonds. The van der Waals surface area contributed by atoms with E-state index in [0.29, 0.717) is 5.92 Å². The van der Waals surface area contributed by atoms with Gasteiger partial charge < -0.3 is 20.6 Å². The number of amides is 2. The summed E-state index contributed by atoms with van der Waals surface area (Å²) in [6.07, 6.45) is 0.798. The van der Waals surface area contributed by atoms with Crippen LogP contribution in [0.1, 0.15) is 6.42 Å². The third-order valence-corrected chi connectivity index (χ3v) is 2.40. The average Bonchev–Trinajstić information content (AvgIpc) is 2.14. The van der Waals surface area contributed by atoms with Crippen LogP contribution in [0.2, 0.25) is 0 Å². The molecule has 1 aliphatic heterocycles. The van der Waals surface area contributed by atoms with E-state index in [-0.39, 0.29) is 12.6 Å². The van der Waals surface area contributed by atoms with Gasteiger partial charge in [0.1, 0.15) is 0 Å². The van der Waals surface area contributed by atoms with Gasteiger partial charge in [0.2, 0.25) is 0 Å². The van der Waals surface area contributed by atoms with Crippen LogP contribution in [0.25, 0.3) is 0 Å². The second kappa shape index (κ2) is 5.82. The lowest BCUT2D eigenvalue weighted by Crippen LogP contribution is -2.55. The van der Waals surface area contributed by atoms with Crippen LogP contribution in [0, 0.1) is 5.92 Å². The van der Waals surface area contributed by atoms with Crippen molar-refractivity contribution in [3.05, 3.63) is 0 Å². The molecule has 0 unspecified atom stereocenters. The molecule has 82 valence electrons. The predicted octanol–water partition coefficient (Wildman–Crippen LogP) is -0.770. The summed E-state index contributed by atoms with van der Waals surface area (Å²) in [7, 11) is 1.65. The van der Waals surface area contributed by atoms with Crippen molar-refractivity contribution in [1.29, 1.82) is 0 Å². The van der Waals surface area contributed by atoms with Crippen LogP contribution in [0.3, 0.4) is 0 Å². The molecule has 1 saturated heterocycles. The van der Waals surface area contributed by atoms with Gasteiger partial charge in [-0.1, -0.05) is 0 Å². The SMILES string of the molecule is CNC(=O)N1CC(CNCCCO)C1. The molecule has 1 fully saturated rings. The number of hydrogen-bond acceptors (Lipinski definition) is 3. The number of rotatable bonds is 5. The lowest BCUT2D eigenvalue weighted by molar-refractivity contribution is 0.121. The summed E-state index contributed by atoms with van der Waals surface area (Å²) in [5.41, 5.74) is 0. The van der Waals surface area contributed by atoms with Crippen LogP contribution < -0.4 is 10.6 Å². The molecular weight excluding hydrogens is 182 g/mol. The van der Waals surface area contributed by atoms with Gasteiger partial charge in [-0.2, -0.15) is 0 Å². The molecule has 0 radical (unpaired) electrons. The number of urea groups is 1. The molecule has 0 aromatic rings. The van der Waals surface area contributed by atoms with Gasteiger partial charge in [0.15, 0.2) is 0 Å². The molecule has 14 heavy (non-hydrogen) atoms. The van der Waals surface area contributed by atoms with Crippen LogP contribution in [-0.4, -0.2) is 55.9 Å². The standard InChI is InChI=1S/C9H19N3O2/c1-10-9(14)12-6-8(7-12)5-11-3-2-4-13/h8,11,13H,2-7H2,1H3,(H,10,14). The number of carbonyl (C=O) groups excluding carboxylic acids is 1. The highest BCUT2D eigenvalue weighted by Crippen LogP contribution is 2.13. The normalized spacial score (nSPS) is 16.6. The monoisotopic (exact) mass is 201 g/mol. The first-order chi connectivity index (χ1) is 6.77. The molecule has 1 rings (SSSR count). The Morgan fingerprint density at radius 2 is 2.29 bits per heavy atom. The van der Waals surface area contributed by atoms with Crippen molar-refractivity contribution >= 4 is 6.03 Å². The summed E-state index contributed by atoms with van der Waals surface area (Å²) in [5, 5.41) is 14.4. The fourth-order valence-electron chi connectivity index (χ4n) is 1.53. The van der Waals surface area contributed by atoms with Crippen molar-refractivity contribution in [2.45, 2.75) is 6.42 Å². The Morgan fingerprint density at radius 3 is 2.86 bits per heavy atom. The molecule has 0 aromatic heterocycles. The molecule has 0 bridgehead atoms. The number of aliphatic hydroxyl groups excluding tert-OH is 1. The zero-order valence-corrected chi connectivity index (χ0v) is 8.62. The second-order valence-corrected chi connectivity index (χ2v) is 3.61. The lowest BCUT2D eigenvalue weighted by Gasteiger charge is -2.39. The highest BCUT2D eigenvalue weighted by atomic mass is 16.3. The molecule has 0 spiro atoms. The molecule has 5 nitrogen and oxygen atoms in total. The van der Waals surface area contributed by atoms with Gasteiger partial charge in [-0.15, -0.1) is 0 Å². The third-order valence-electron chi connectivity index (χ3n) is 2.40. The van der Waals surface area contributed by atoms with Crippen LogP contribution >= 0.6 is 0 Å². The highest BCUT2D eigenvalue weighted by Gasteiger charge is 2.29. The van der Waals surface area contributed by atoms with E-state index in [2.05, 4.69) is 10.6 Å². The number of likely N-dealkylation sites (tertiary alicyclic amines) is 1. The molecule has 0 atom stereocenters. The summed E-state index contributed by atoms with van der Waals surface area (Å²) < 4.78 is 0. The fraction of sp³-hybridized carbons (Fsp3) is 0.889. The van der Waals surface area contributed by atoms with Gasteiger partial charge in [-0.3, -0.25) is 0 Å². The van der Waals surface area contributed by atoms with Crippen molar-refractivity contribution in [2.24, 2.45) is 5.92 Å². The first-order valence-electron chi connectivity index (χ1n) is 5.06. The summed E-state index contributed by atoms with van der Waals surface area (Å²) in [6, 6.07) is 0.0107. The molecular formula is C9H19N3O2. The minimum absolute atomic E-state index is 0.0107. The van der Waals surface area contributed by atoms with E-state index in [4.69, 9.17) is 5.11 Å². The summed E-state index contributed by atoms with van der Waals surface area (Å²) >= 11 is 0. The van der Waals surface area contributed by atoms with Crippen LogP contribution in [0.15, 0.2) is 0 Å². The first-order valence-corrected chi connectivity index (χ1v) is 5.06. The maximum atomic E-state index is 11.1. The Bertz CT molecular complexity index is 181. The van der Waals surface area contributed by atoms with E-state index >= 15 is 0 Å². The zero-order chi connectivity index (χ0) is 10.4. The van der Waals surface area contributed by atoms with E-state index in [1.165, 1.54) is 0 Å². The predicted molar refractivity (Wildman–Crippen MR) is 54.1 cm³/mol. The molecule has 1 aliphatic rings. The third kappa shape index (κ3) is 3.16.